The van der Waals surface area contributed by atoms with Crippen molar-refractivity contribution < 1.29 is 14.3 Å². The lowest BCUT2D eigenvalue weighted by molar-refractivity contribution is -0.142. The topological polar surface area (TPSA) is 52.5 Å². The van der Waals surface area contributed by atoms with Crippen LogP contribution in [-0.4, -0.2) is 31.3 Å². The van der Waals surface area contributed by atoms with Gasteiger partial charge < -0.3 is 19.4 Å². The Labute approximate surface area is 129 Å². The molecule has 3 rings (SSSR count). The van der Waals surface area contributed by atoms with Crippen molar-refractivity contribution in [3.05, 3.63) is 29.5 Å². The number of halogens is 1. The number of rotatable bonds is 2. The number of nitrogens with one attached hydrogen (secondary N) is 1. The Kier molecular flexibility index (Phi) is 4.44. The molecule has 0 bridgehead atoms. The van der Waals surface area contributed by atoms with Crippen LogP contribution < -0.4 is 10.1 Å². The first-order valence-electron chi connectivity index (χ1n) is 6.61. The molecule has 1 aliphatic heterocycles. The molecule has 1 unspecified atom stereocenters. The summed E-state index contributed by atoms with van der Waals surface area (Å²) in [6.07, 6.45) is 0. The van der Waals surface area contributed by atoms with Gasteiger partial charge in [0.25, 0.3) is 0 Å². The smallest absolute Gasteiger partial charge is 0.314 e. The van der Waals surface area contributed by atoms with E-state index in [0.717, 1.165) is 34.5 Å². The van der Waals surface area contributed by atoms with Gasteiger partial charge in [-0.15, -0.1) is 12.4 Å². The average molecular weight is 311 g/mol. The van der Waals surface area contributed by atoms with Crippen molar-refractivity contribution in [2.75, 3.05) is 20.8 Å². The minimum atomic E-state index is -0.264. The fourth-order valence-electron chi connectivity index (χ4n) is 3.01. The van der Waals surface area contributed by atoms with Crippen LogP contribution in [0.25, 0.3) is 10.9 Å². The normalized spacial score (nSPS) is 17.0. The summed E-state index contributed by atoms with van der Waals surface area (Å²) in [5, 5.41) is 4.35. The van der Waals surface area contributed by atoms with E-state index in [1.807, 2.05) is 25.2 Å². The zero-order chi connectivity index (χ0) is 14.3. The quantitative estimate of drug-likeness (QED) is 0.862. The maximum absolute atomic E-state index is 12.0. The van der Waals surface area contributed by atoms with Gasteiger partial charge >= 0.3 is 5.97 Å². The van der Waals surface area contributed by atoms with E-state index < -0.39 is 0 Å². The van der Waals surface area contributed by atoms with Crippen molar-refractivity contribution in [1.82, 2.24) is 9.88 Å². The van der Waals surface area contributed by atoms with Crippen molar-refractivity contribution in [3.63, 3.8) is 0 Å². The summed E-state index contributed by atoms with van der Waals surface area (Å²) in [5.74, 6) is 0.335. The summed E-state index contributed by atoms with van der Waals surface area (Å²) in [5.41, 5.74) is 3.30. The molecule has 0 saturated carbocycles. The Morgan fingerprint density at radius 2 is 2.14 bits per heavy atom. The van der Waals surface area contributed by atoms with Gasteiger partial charge in [0.1, 0.15) is 5.75 Å². The van der Waals surface area contributed by atoms with E-state index in [-0.39, 0.29) is 24.3 Å². The van der Waals surface area contributed by atoms with E-state index in [1.54, 1.807) is 7.11 Å². The maximum atomic E-state index is 12.0. The summed E-state index contributed by atoms with van der Waals surface area (Å²) in [7, 11) is 5.10. The molecule has 5 nitrogen and oxygen atoms in total. The second-order valence-corrected chi connectivity index (χ2v) is 5.01. The number of hydrogen-bond donors (Lipinski definition) is 1. The molecular formula is C15H19ClN2O3. The molecule has 21 heavy (non-hydrogen) atoms. The molecule has 2 aromatic rings. The highest BCUT2D eigenvalue weighted by molar-refractivity contribution is 5.93. The van der Waals surface area contributed by atoms with Crippen LogP contribution in [0.4, 0.5) is 0 Å². The molecule has 1 N–H and O–H groups in total. The molecule has 0 saturated heterocycles. The molecule has 0 fully saturated rings. The number of carbonyl (C=O) groups excluding carboxylic acids is 1. The molecule has 0 amide bonds. The van der Waals surface area contributed by atoms with Gasteiger partial charge in [0, 0.05) is 36.7 Å². The third kappa shape index (κ3) is 2.36. The van der Waals surface area contributed by atoms with Crippen molar-refractivity contribution >= 4 is 29.3 Å². The fourth-order valence-corrected chi connectivity index (χ4v) is 3.01. The number of fused-ring (bicyclic) bond motifs is 3. The highest BCUT2D eigenvalue weighted by atomic mass is 35.5. The van der Waals surface area contributed by atoms with Crippen molar-refractivity contribution in [1.29, 1.82) is 0 Å². The van der Waals surface area contributed by atoms with Crippen LogP contribution in [0.15, 0.2) is 18.2 Å². The maximum Gasteiger partial charge on any atom is 0.314 e. The standard InChI is InChI=1S/C15H18N2O3.ClH/c1-17-12-5-4-9(19-2)6-10(12)14-11(15(18)20-3)7-16-8-13(14)17;/h4-6,11,16H,7-8H2,1-3H3;1H. The van der Waals surface area contributed by atoms with E-state index in [2.05, 4.69) is 9.88 Å². The van der Waals surface area contributed by atoms with Crippen LogP contribution in [0.3, 0.4) is 0 Å². The van der Waals surface area contributed by atoms with Crippen LogP contribution >= 0.6 is 12.4 Å². The highest BCUT2D eigenvalue weighted by Crippen LogP contribution is 2.36. The average Bonchev–Trinajstić information content (AvgIpc) is 2.79. The van der Waals surface area contributed by atoms with Gasteiger partial charge in [0.2, 0.25) is 0 Å². The van der Waals surface area contributed by atoms with Gasteiger partial charge in [0.05, 0.1) is 20.1 Å². The van der Waals surface area contributed by atoms with E-state index >= 15 is 0 Å². The number of nitrogens with zero attached hydrogens (tertiary/aromatic N) is 1. The number of aromatic nitrogens is 1. The molecule has 114 valence electrons. The number of carbonyl (C=O) groups is 1. The summed E-state index contributed by atoms with van der Waals surface area (Å²) < 4.78 is 12.4. The lowest BCUT2D eigenvalue weighted by Crippen LogP contribution is -2.33. The van der Waals surface area contributed by atoms with E-state index in [9.17, 15) is 4.79 Å². The molecule has 1 aromatic carbocycles. The minimum absolute atomic E-state index is 0. The zero-order valence-electron chi connectivity index (χ0n) is 12.3. The molecular weight excluding hydrogens is 292 g/mol. The van der Waals surface area contributed by atoms with Gasteiger partial charge in [-0.05, 0) is 23.8 Å². The Balaban J connectivity index is 0.00000161. The Hall–Kier alpha value is -1.72. The van der Waals surface area contributed by atoms with Crippen LogP contribution in [0.5, 0.6) is 5.75 Å². The van der Waals surface area contributed by atoms with Crippen molar-refractivity contribution in [2.45, 2.75) is 12.5 Å². The van der Waals surface area contributed by atoms with Gasteiger partial charge in [-0.3, -0.25) is 4.79 Å². The predicted molar refractivity (Wildman–Crippen MR) is 83.2 cm³/mol. The number of hydrogen-bond acceptors (Lipinski definition) is 4. The largest absolute Gasteiger partial charge is 0.497 e. The first kappa shape index (κ1) is 15.7. The van der Waals surface area contributed by atoms with Crippen LogP contribution in [0, 0.1) is 0 Å². The monoisotopic (exact) mass is 310 g/mol. The second kappa shape index (κ2) is 5.95. The molecule has 1 aromatic heterocycles. The summed E-state index contributed by atoms with van der Waals surface area (Å²) in [6.45, 7) is 1.37. The molecule has 0 radical (unpaired) electrons. The predicted octanol–water partition coefficient (Wildman–Crippen LogP) is 1.97. The summed E-state index contributed by atoms with van der Waals surface area (Å²) in [4.78, 5) is 12.0. The molecule has 0 spiro atoms. The molecule has 2 heterocycles. The number of aryl methyl sites for hydroxylation is 1. The first-order chi connectivity index (χ1) is 9.67. The van der Waals surface area contributed by atoms with Crippen molar-refractivity contribution in [2.24, 2.45) is 7.05 Å². The second-order valence-electron chi connectivity index (χ2n) is 5.01. The Morgan fingerprint density at radius 3 is 2.81 bits per heavy atom. The van der Waals surface area contributed by atoms with Gasteiger partial charge in [-0.1, -0.05) is 0 Å². The molecule has 1 atom stereocenters. The Morgan fingerprint density at radius 1 is 1.38 bits per heavy atom. The number of esters is 1. The van der Waals surface area contributed by atoms with Crippen LogP contribution in [-0.2, 0) is 23.1 Å². The highest BCUT2D eigenvalue weighted by Gasteiger charge is 2.31. The molecule has 1 aliphatic rings. The lowest BCUT2D eigenvalue weighted by Gasteiger charge is -2.23. The van der Waals surface area contributed by atoms with Crippen LogP contribution in [0.1, 0.15) is 17.2 Å². The van der Waals surface area contributed by atoms with E-state index in [0.29, 0.717) is 6.54 Å². The zero-order valence-corrected chi connectivity index (χ0v) is 13.1. The van der Waals surface area contributed by atoms with Gasteiger partial charge in [-0.25, -0.2) is 0 Å². The van der Waals surface area contributed by atoms with Gasteiger partial charge in [0.15, 0.2) is 0 Å². The third-order valence-electron chi connectivity index (χ3n) is 4.05. The van der Waals surface area contributed by atoms with E-state index in [4.69, 9.17) is 9.47 Å². The van der Waals surface area contributed by atoms with Crippen LogP contribution in [0.2, 0.25) is 0 Å². The van der Waals surface area contributed by atoms with Gasteiger partial charge in [-0.2, -0.15) is 0 Å². The fraction of sp³-hybridized carbons (Fsp3) is 0.400. The summed E-state index contributed by atoms with van der Waals surface area (Å²) in [6, 6.07) is 5.96. The minimum Gasteiger partial charge on any atom is -0.497 e. The number of methoxy groups -OCH3 is 2. The number of ether oxygens (including phenoxy) is 2. The number of benzene rings is 1. The Bertz CT molecular complexity index is 681. The molecule has 0 aliphatic carbocycles. The lowest BCUT2D eigenvalue weighted by atomic mass is 9.93. The summed E-state index contributed by atoms with van der Waals surface area (Å²) >= 11 is 0. The first-order valence-corrected chi connectivity index (χ1v) is 6.61. The van der Waals surface area contributed by atoms with Crippen molar-refractivity contribution in [3.8, 4) is 5.75 Å². The molecule has 6 heteroatoms. The SMILES string of the molecule is COC(=O)C1CNCc2c1c1cc(OC)ccc1n2C.Cl. The third-order valence-corrected chi connectivity index (χ3v) is 4.05. The van der Waals surface area contributed by atoms with E-state index in [1.165, 1.54) is 7.11 Å².